The highest BCUT2D eigenvalue weighted by atomic mass is 32.2. The van der Waals surface area contributed by atoms with Crippen molar-refractivity contribution < 1.29 is 0 Å². The minimum absolute atomic E-state index is 0.899. The number of rotatable bonds is 3. The Kier molecular flexibility index (Phi) is 3.96. The summed E-state index contributed by atoms with van der Waals surface area (Å²) in [6, 6.07) is 8.80. The van der Waals surface area contributed by atoms with E-state index in [0.717, 1.165) is 30.0 Å². The number of hydrogen-bond donors (Lipinski definition) is 2. The summed E-state index contributed by atoms with van der Waals surface area (Å²) in [6.07, 6.45) is 0. The summed E-state index contributed by atoms with van der Waals surface area (Å²) in [5.41, 5.74) is 13.0. The van der Waals surface area contributed by atoms with E-state index < -0.39 is 0 Å². The molecule has 3 rings (SSSR count). The molecule has 116 valence electrons. The van der Waals surface area contributed by atoms with Gasteiger partial charge in [0.05, 0.1) is 11.4 Å². The van der Waals surface area contributed by atoms with E-state index in [2.05, 4.69) is 62.2 Å². The lowest BCUT2D eigenvalue weighted by atomic mass is 10.1. The van der Waals surface area contributed by atoms with Crippen LogP contribution in [0.5, 0.6) is 0 Å². The lowest BCUT2D eigenvalue weighted by Gasteiger charge is -2.27. The molecule has 0 saturated heterocycles. The lowest BCUT2D eigenvalue weighted by Crippen LogP contribution is -2.21. The van der Waals surface area contributed by atoms with Crippen LogP contribution < -0.4 is 16.0 Å². The molecule has 0 amide bonds. The fourth-order valence-corrected chi connectivity index (χ4v) is 4.06. The smallest absolute Gasteiger partial charge is 0.0533 e. The molecule has 3 N–H and O–H groups in total. The van der Waals surface area contributed by atoms with Gasteiger partial charge in [-0.3, -0.25) is 0 Å². The van der Waals surface area contributed by atoms with Crippen molar-refractivity contribution in [3.63, 3.8) is 0 Å². The van der Waals surface area contributed by atoms with E-state index in [1.165, 1.54) is 26.7 Å². The molecule has 1 aliphatic heterocycles. The minimum atomic E-state index is 0.899. The Labute approximate surface area is 136 Å². The van der Waals surface area contributed by atoms with Crippen LogP contribution in [0, 0.1) is 13.8 Å². The van der Waals surface area contributed by atoms with Crippen molar-refractivity contribution in [3.8, 4) is 0 Å². The third kappa shape index (κ3) is 2.41. The van der Waals surface area contributed by atoms with Crippen LogP contribution in [0.3, 0.4) is 0 Å². The predicted octanol–water partition coefficient (Wildman–Crippen LogP) is 4.94. The number of hydrogen-bond acceptors (Lipinski definition) is 4. The second-order valence-electron chi connectivity index (χ2n) is 5.69. The number of nitrogens with zero attached hydrogens (tertiary/aromatic N) is 1. The van der Waals surface area contributed by atoms with Gasteiger partial charge in [-0.05, 0) is 63.1 Å². The first kappa shape index (κ1) is 15.1. The van der Waals surface area contributed by atoms with Crippen LogP contribution in [-0.4, -0.2) is 13.1 Å². The van der Waals surface area contributed by atoms with Gasteiger partial charge in [0, 0.05) is 34.3 Å². The summed E-state index contributed by atoms with van der Waals surface area (Å²) in [4.78, 5) is 4.88. The molecule has 2 aromatic rings. The Balaban J connectivity index is 2.03. The van der Waals surface area contributed by atoms with Crippen LogP contribution >= 0.6 is 11.8 Å². The average Bonchev–Trinajstić information content (AvgIpc) is 2.53. The fourth-order valence-electron chi connectivity index (χ4n) is 2.94. The van der Waals surface area contributed by atoms with Gasteiger partial charge < -0.3 is 16.0 Å². The van der Waals surface area contributed by atoms with Gasteiger partial charge in [-0.15, -0.1) is 0 Å². The number of fused-ring (bicyclic) bond motifs is 2. The lowest BCUT2D eigenvalue weighted by molar-refractivity contribution is 0.864. The Morgan fingerprint density at radius 2 is 1.82 bits per heavy atom. The molecule has 3 nitrogen and oxygen atoms in total. The van der Waals surface area contributed by atoms with Gasteiger partial charge in [0.15, 0.2) is 0 Å². The molecule has 2 aromatic carbocycles. The third-order valence-electron chi connectivity index (χ3n) is 4.35. The van der Waals surface area contributed by atoms with E-state index in [1.807, 2.05) is 11.8 Å². The second-order valence-corrected chi connectivity index (χ2v) is 6.74. The largest absolute Gasteiger partial charge is 0.398 e. The van der Waals surface area contributed by atoms with Crippen LogP contribution in [0.15, 0.2) is 34.1 Å². The van der Waals surface area contributed by atoms with E-state index in [4.69, 9.17) is 5.73 Å². The number of nitrogens with two attached hydrogens (primary N) is 1. The summed E-state index contributed by atoms with van der Waals surface area (Å²) < 4.78 is 0. The molecule has 0 atom stereocenters. The highest BCUT2D eigenvalue weighted by molar-refractivity contribution is 7.99. The molecule has 1 heterocycles. The molecule has 0 bridgehead atoms. The summed E-state index contributed by atoms with van der Waals surface area (Å²) in [6.45, 7) is 10.6. The molecule has 0 spiro atoms. The SMILES string of the molecule is CCN(CC)c1ccc2c(c1)Sc1c(cc(C)c(N)c1C)N2. The highest BCUT2D eigenvalue weighted by Gasteiger charge is 2.20. The Bertz CT molecular complexity index is 721. The van der Waals surface area contributed by atoms with Crippen molar-refractivity contribution >= 4 is 34.5 Å². The molecule has 22 heavy (non-hydrogen) atoms. The normalized spacial score (nSPS) is 12.4. The zero-order chi connectivity index (χ0) is 15.9. The van der Waals surface area contributed by atoms with Crippen LogP contribution in [0.1, 0.15) is 25.0 Å². The van der Waals surface area contributed by atoms with Crippen molar-refractivity contribution in [3.05, 3.63) is 35.4 Å². The van der Waals surface area contributed by atoms with Crippen LogP contribution in [0.4, 0.5) is 22.7 Å². The van der Waals surface area contributed by atoms with E-state index in [-0.39, 0.29) is 0 Å². The van der Waals surface area contributed by atoms with E-state index in [1.54, 1.807) is 0 Å². The zero-order valence-corrected chi connectivity index (χ0v) is 14.5. The van der Waals surface area contributed by atoms with Crippen molar-refractivity contribution in [2.24, 2.45) is 0 Å². The molecular formula is C18H23N3S. The fraction of sp³-hybridized carbons (Fsp3) is 0.333. The van der Waals surface area contributed by atoms with Crippen LogP contribution in [0.2, 0.25) is 0 Å². The summed E-state index contributed by atoms with van der Waals surface area (Å²) >= 11 is 1.82. The number of nitrogens with one attached hydrogen (secondary N) is 1. The first-order valence-corrected chi connectivity index (χ1v) is 8.60. The predicted molar refractivity (Wildman–Crippen MR) is 97.7 cm³/mol. The maximum absolute atomic E-state index is 6.20. The second kappa shape index (κ2) is 5.76. The molecule has 0 aromatic heterocycles. The molecule has 0 fully saturated rings. The number of nitrogen functional groups attached to an aromatic ring is 1. The first-order valence-electron chi connectivity index (χ1n) is 7.78. The Morgan fingerprint density at radius 1 is 1.09 bits per heavy atom. The summed E-state index contributed by atoms with van der Waals surface area (Å²) in [7, 11) is 0. The van der Waals surface area contributed by atoms with Gasteiger partial charge in [0.1, 0.15) is 0 Å². The Morgan fingerprint density at radius 3 is 2.50 bits per heavy atom. The maximum atomic E-state index is 6.20. The van der Waals surface area contributed by atoms with Gasteiger partial charge >= 0.3 is 0 Å². The van der Waals surface area contributed by atoms with Gasteiger partial charge in [0.25, 0.3) is 0 Å². The van der Waals surface area contributed by atoms with Crippen LogP contribution in [-0.2, 0) is 0 Å². The van der Waals surface area contributed by atoms with Crippen molar-refractivity contribution in [2.75, 3.05) is 29.0 Å². The van der Waals surface area contributed by atoms with E-state index >= 15 is 0 Å². The van der Waals surface area contributed by atoms with Crippen molar-refractivity contribution in [1.29, 1.82) is 0 Å². The summed E-state index contributed by atoms with van der Waals surface area (Å²) in [5.74, 6) is 0. The monoisotopic (exact) mass is 313 g/mol. The molecule has 1 aliphatic rings. The van der Waals surface area contributed by atoms with Gasteiger partial charge in [-0.1, -0.05) is 11.8 Å². The highest BCUT2D eigenvalue weighted by Crippen LogP contribution is 2.48. The van der Waals surface area contributed by atoms with E-state index in [0.29, 0.717) is 0 Å². The zero-order valence-electron chi connectivity index (χ0n) is 13.7. The first-order chi connectivity index (χ1) is 10.5. The Hall–Kier alpha value is -1.81. The van der Waals surface area contributed by atoms with Gasteiger partial charge in [-0.2, -0.15) is 0 Å². The summed E-state index contributed by atoms with van der Waals surface area (Å²) in [5, 5.41) is 3.56. The van der Waals surface area contributed by atoms with Crippen molar-refractivity contribution in [2.45, 2.75) is 37.5 Å². The number of benzene rings is 2. The molecule has 0 unspecified atom stereocenters. The van der Waals surface area contributed by atoms with Crippen LogP contribution in [0.25, 0.3) is 0 Å². The molecule has 0 aliphatic carbocycles. The number of anilines is 4. The minimum Gasteiger partial charge on any atom is -0.398 e. The van der Waals surface area contributed by atoms with Gasteiger partial charge in [-0.25, -0.2) is 0 Å². The molecule has 4 heteroatoms. The average molecular weight is 313 g/mol. The molecule has 0 saturated carbocycles. The number of aryl methyl sites for hydroxylation is 1. The van der Waals surface area contributed by atoms with Gasteiger partial charge in [0.2, 0.25) is 0 Å². The molecule has 0 radical (unpaired) electrons. The maximum Gasteiger partial charge on any atom is 0.0533 e. The van der Waals surface area contributed by atoms with E-state index in [9.17, 15) is 0 Å². The standard InChI is InChI=1S/C18H23N3S/c1-5-21(6-2)13-7-8-14-16(10-13)22-18-12(4)17(19)11(3)9-15(18)20-14/h7-10,20H,5-6,19H2,1-4H3. The third-order valence-corrected chi connectivity index (χ3v) is 5.64. The molecular weight excluding hydrogens is 290 g/mol. The quantitative estimate of drug-likeness (QED) is 0.672. The topological polar surface area (TPSA) is 41.3 Å². The van der Waals surface area contributed by atoms with Crippen molar-refractivity contribution in [1.82, 2.24) is 0 Å².